The Morgan fingerprint density at radius 3 is 2.67 bits per heavy atom. The molecule has 0 spiro atoms. The predicted molar refractivity (Wildman–Crippen MR) is 72.0 cm³/mol. The second-order valence-electron chi connectivity index (χ2n) is 5.40. The Balaban J connectivity index is 2.06. The smallest absolute Gasteiger partial charge is 0.201 e. The van der Waals surface area contributed by atoms with E-state index in [1.54, 1.807) is 0 Å². The van der Waals surface area contributed by atoms with Gasteiger partial charge in [0.05, 0.1) is 0 Å². The number of ketones is 1. The summed E-state index contributed by atoms with van der Waals surface area (Å²) < 4.78 is 5.80. The molecule has 1 aromatic heterocycles. The van der Waals surface area contributed by atoms with Gasteiger partial charge in [-0.15, -0.1) is 0 Å². The molecule has 1 heterocycles. The van der Waals surface area contributed by atoms with Gasteiger partial charge in [-0.05, 0) is 38.3 Å². The molecular formula is C16H18O2. The Morgan fingerprint density at radius 1 is 1.22 bits per heavy atom. The van der Waals surface area contributed by atoms with Gasteiger partial charge in [0.25, 0.3) is 0 Å². The van der Waals surface area contributed by atoms with E-state index < -0.39 is 0 Å². The molecule has 1 fully saturated rings. The predicted octanol–water partition coefficient (Wildman–Crippen LogP) is 4.42. The normalized spacial score (nSPS) is 16.6. The number of carbonyl (C=O) groups is 1. The number of rotatable bonds is 2. The van der Waals surface area contributed by atoms with Crippen molar-refractivity contribution >= 4 is 16.8 Å². The largest absolute Gasteiger partial charge is 0.453 e. The summed E-state index contributed by atoms with van der Waals surface area (Å²) >= 11 is 0. The quantitative estimate of drug-likeness (QED) is 0.729. The van der Waals surface area contributed by atoms with Crippen molar-refractivity contribution in [2.24, 2.45) is 5.92 Å². The van der Waals surface area contributed by atoms with Crippen molar-refractivity contribution in [2.45, 2.75) is 39.5 Å². The van der Waals surface area contributed by atoms with Crippen LogP contribution in [0.1, 0.15) is 47.4 Å². The molecule has 3 rings (SSSR count). The van der Waals surface area contributed by atoms with Crippen LogP contribution in [0.2, 0.25) is 0 Å². The number of hydrogen-bond donors (Lipinski definition) is 0. The van der Waals surface area contributed by atoms with Gasteiger partial charge in [-0.25, -0.2) is 0 Å². The van der Waals surface area contributed by atoms with Crippen LogP contribution in [0.3, 0.4) is 0 Å². The molecule has 1 aliphatic rings. The maximum atomic E-state index is 12.4. The zero-order valence-electron chi connectivity index (χ0n) is 11.0. The molecule has 0 unspecified atom stereocenters. The molecule has 1 saturated carbocycles. The molecule has 94 valence electrons. The van der Waals surface area contributed by atoms with Crippen molar-refractivity contribution in [3.63, 3.8) is 0 Å². The van der Waals surface area contributed by atoms with Gasteiger partial charge >= 0.3 is 0 Å². The molecule has 0 amide bonds. The lowest BCUT2D eigenvalue weighted by Crippen LogP contribution is -2.11. The maximum absolute atomic E-state index is 12.4. The average molecular weight is 242 g/mol. The molecule has 1 aromatic carbocycles. The minimum absolute atomic E-state index is 0.186. The number of Topliss-reactive ketones (excluding diaryl/α,β-unsaturated/α-hetero) is 1. The number of carbonyl (C=O) groups excluding carboxylic acids is 1. The van der Waals surface area contributed by atoms with E-state index in [2.05, 4.69) is 12.1 Å². The molecule has 1 aliphatic carbocycles. The molecule has 0 bridgehead atoms. The summed E-state index contributed by atoms with van der Waals surface area (Å²) in [5.74, 6) is 0.978. The van der Waals surface area contributed by atoms with Crippen LogP contribution in [0.15, 0.2) is 22.6 Å². The van der Waals surface area contributed by atoms with Crippen LogP contribution in [0.5, 0.6) is 0 Å². The van der Waals surface area contributed by atoms with Gasteiger partial charge in [0.1, 0.15) is 5.58 Å². The molecule has 0 aliphatic heterocycles. The van der Waals surface area contributed by atoms with E-state index in [-0.39, 0.29) is 11.7 Å². The first kappa shape index (κ1) is 11.5. The second kappa shape index (κ2) is 4.27. The Labute approximate surface area is 107 Å². The highest BCUT2D eigenvalue weighted by Gasteiger charge is 2.28. The van der Waals surface area contributed by atoms with Crippen LogP contribution in [0, 0.1) is 19.8 Å². The van der Waals surface area contributed by atoms with Crippen LogP contribution >= 0.6 is 0 Å². The van der Waals surface area contributed by atoms with Crippen LogP contribution in [0.25, 0.3) is 11.0 Å². The van der Waals surface area contributed by atoms with Gasteiger partial charge in [0.15, 0.2) is 5.76 Å². The first-order valence-electron chi connectivity index (χ1n) is 6.71. The maximum Gasteiger partial charge on any atom is 0.201 e. The lowest BCUT2D eigenvalue weighted by atomic mass is 9.98. The minimum Gasteiger partial charge on any atom is -0.453 e. The lowest BCUT2D eigenvalue weighted by molar-refractivity contribution is 0.0896. The van der Waals surface area contributed by atoms with Crippen molar-refractivity contribution in [3.8, 4) is 0 Å². The molecular weight excluding hydrogens is 224 g/mol. The fraction of sp³-hybridized carbons (Fsp3) is 0.438. The van der Waals surface area contributed by atoms with Gasteiger partial charge in [-0.1, -0.05) is 25.0 Å². The zero-order chi connectivity index (χ0) is 12.7. The third-order valence-electron chi connectivity index (χ3n) is 4.04. The third kappa shape index (κ3) is 1.76. The SMILES string of the molecule is Cc1ccc2c(C)c(C(=O)C3CCCC3)oc2c1. The molecule has 2 nitrogen and oxygen atoms in total. The van der Waals surface area contributed by atoms with E-state index >= 15 is 0 Å². The number of fused-ring (bicyclic) bond motifs is 1. The van der Waals surface area contributed by atoms with Crippen molar-refractivity contribution in [3.05, 3.63) is 35.1 Å². The van der Waals surface area contributed by atoms with Crippen LogP contribution in [-0.4, -0.2) is 5.78 Å². The van der Waals surface area contributed by atoms with Crippen molar-refractivity contribution in [1.29, 1.82) is 0 Å². The fourth-order valence-corrected chi connectivity index (χ4v) is 2.94. The first-order chi connectivity index (χ1) is 8.66. The van der Waals surface area contributed by atoms with Gasteiger partial charge in [-0.2, -0.15) is 0 Å². The Hall–Kier alpha value is -1.57. The standard InChI is InChI=1S/C16H18O2/c1-10-7-8-13-11(2)16(18-14(13)9-10)15(17)12-5-3-4-6-12/h7-9,12H,3-6H2,1-2H3. The Bertz CT molecular complexity index is 601. The summed E-state index contributed by atoms with van der Waals surface area (Å²) in [6.45, 7) is 4.03. The summed E-state index contributed by atoms with van der Waals surface area (Å²) in [4.78, 5) is 12.4. The van der Waals surface area contributed by atoms with Crippen molar-refractivity contribution in [2.75, 3.05) is 0 Å². The Morgan fingerprint density at radius 2 is 1.94 bits per heavy atom. The minimum atomic E-state index is 0.186. The van der Waals surface area contributed by atoms with Crippen molar-refractivity contribution in [1.82, 2.24) is 0 Å². The van der Waals surface area contributed by atoms with E-state index in [4.69, 9.17) is 4.42 Å². The molecule has 0 saturated heterocycles. The second-order valence-corrected chi connectivity index (χ2v) is 5.40. The van der Waals surface area contributed by atoms with Gasteiger partial charge in [0, 0.05) is 16.9 Å². The van der Waals surface area contributed by atoms with Gasteiger partial charge in [-0.3, -0.25) is 4.79 Å². The number of furan rings is 1. The molecule has 2 heteroatoms. The van der Waals surface area contributed by atoms with Crippen LogP contribution in [0.4, 0.5) is 0 Å². The Kier molecular flexibility index (Phi) is 2.73. The molecule has 2 aromatic rings. The lowest BCUT2D eigenvalue weighted by Gasteiger charge is -2.05. The molecule has 18 heavy (non-hydrogen) atoms. The van der Waals surface area contributed by atoms with E-state index in [0.29, 0.717) is 5.76 Å². The zero-order valence-corrected chi connectivity index (χ0v) is 11.0. The summed E-state index contributed by atoms with van der Waals surface area (Å²) in [5, 5.41) is 1.07. The van der Waals surface area contributed by atoms with E-state index in [9.17, 15) is 4.79 Å². The van der Waals surface area contributed by atoms with E-state index in [0.717, 1.165) is 34.9 Å². The average Bonchev–Trinajstić information content (AvgIpc) is 2.97. The van der Waals surface area contributed by atoms with Crippen molar-refractivity contribution < 1.29 is 9.21 Å². The van der Waals surface area contributed by atoms with Crippen LogP contribution in [-0.2, 0) is 0 Å². The van der Waals surface area contributed by atoms with Crippen LogP contribution < -0.4 is 0 Å². The van der Waals surface area contributed by atoms with E-state index in [1.807, 2.05) is 19.9 Å². The van der Waals surface area contributed by atoms with Gasteiger partial charge in [0.2, 0.25) is 5.78 Å². The summed E-state index contributed by atoms with van der Waals surface area (Å²) in [7, 11) is 0. The summed E-state index contributed by atoms with van der Waals surface area (Å²) in [5.41, 5.74) is 3.01. The fourth-order valence-electron chi connectivity index (χ4n) is 2.94. The van der Waals surface area contributed by atoms with E-state index in [1.165, 1.54) is 12.8 Å². The molecule has 0 N–H and O–H groups in total. The number of benzene rings is 1. The highest BCUT2D eigenvalue weighted by Crippen LogP contribution is 2.32. The first-order valence-corrected chi connectivity index (χ1v) is 6.71. The third-order valence-corrected chi connectivity index (χ3v) is 4.04. The highest BCUT2D eigenvalue weighted by atomic mass is 16.3. The molecule has 0 atom stereocenters. The molecule has 0 radical (unpaired) electrons. The number of aryl methyl sites for hydroxylation is 2. The highest BCUT2D eigenvalue weighted by molar-refractivity contribution is 6.01. The topological polar surface area (TPSA) is 30.2 Å². The van der Waals surface area contributed by atoms with Gasteiger partial charge < -0.3 is 4.42 Å². The summed E-state index contributed by atoms with van der Waals surface area (Å²) in [6.07, 6.45) is 4.40. The summed E-state index contributed by atoms with van der Waals surface area (Å²) in [6, 6.07) is 6.12. The monoisotopic (exact) mass is 242 g/mol. The number of hydrogen-bond acceptors (Lipinski definition) is 2.